The van der Waals surface area contributed by atoms with E-state index in [9.17, 15) is 0 Å². The quantitative estimate of drug-likeness (QED) is 0.434. The summed E-state index contributed by atoms with van der Waals surface area (Å²) in [6.07, 6.45) is 4.56. The van der Waals surface area contributed by atoms with E-state index in [4.69, 9.17) is 0 Å². The smallest absolute Gasteiger partial charge is 0.107 e. The van der Waals surface area contributed by atoms with E-state index in [1.807, 2.05) is 0 Å². The van der Waals surface area contributed by atoms with Gasteiger partial charge in [0.05, 0.1) is 0 Å². The van der Waals surface area contributed by atoms with Gasteiger partial charge in [0.25, 0.3) is 0 Å². The van der Waals surface area contributed by atoms with Crippen molar-refractivity contribution in [2.45, 2.75) is 10.1 Å². The van der Waals surface area contributed by atoms with Gasteiger partial charge in [0.2, 0.25) is 0 Å². The van der Waals surface area contributed by atoms with Crippen LogP contribution < -0.4 is 0 Å². The number of hydrogen-bond donors (Lipinski definition) is 0. The molecule has 0 nitrogen and oxygen atoms in total. The Morgan fingerprint density at radius 3 is 2.58 bits per heavy atom. The number of allylic oxidation sites excluding steroid dienone is 1. The van der Waals surface area contributed by atoms with Crippen LogP contribution >= 0.6 is 24.0 Å². The molecule has 0 amide bonds. The van der Waals surface area contributed by atoms with Crippen molar-refractivity contribution in [1.29, 1.82) is 0 Å². The predicted octanol–water partition coefficient (Wildman–Crippen LogP) is 3.09. The van der Waals surface area contributed by atoms with E-state index in [1.165, 1.54) is 35.5 Å². The first-order valence-electron chi connectivity index (χ1n) is 3.74. The minimum Gasteiger partial charge on any atom is -0.107 e. The molecule has 1 aromatic carbocycles. The first-order chi connectivity index (χ1) is 5.20. The van der Waals surface area contributed by atoms with E-state index in [1.54, 1.807) is 0 Å². The Hall–Kier alpha value is 0.560. The molecule has 1 aliphatic rings. The standard InChI is InChI=1S/C10H9.Hf.HI/c1-8-6-7-9-4-2-3-5-10(8)9;;/h2-7H,1H3;;1H. The maximum absolute atomic E-state index is 2.32. The maximum atomic E-state index is 2.32. The Labute approximate surface area is 105 Å². The zero-order valence-electron chi connectivity index (χ0n) is 6.87. The van der Waals surface area contributed by atoms with Gasteiger partial charge in [-0.05, 0) is 0 Å². The summed E-state index contributed by atoms with van der Waals surface area (Å²) in [4.78, 5) is 0. The second-order valence-electron chi connectivity index (χ2n) is 3.12. The summed E-state index contributed by atoms with van der Waals surface area (Å²) >= 11 is 1.20. The van der Waals surface area contributed by atoms with E-state index in [0.717, 1.165) is 0 Å². The largest absolute Gasteiger partial charge is 0.107 e. The fourth-order valence-electron chi connectivity index (χ4n) is 1.46. The Morgan fingerprint density at radius 1 is 1.25 bits per heavy atom. The van der Waals surface area contributed by atoms with Gasteiger partial charge in [0.15, 0.2) is 0 Å². The number of fused-ring (bicyclic) bond motifs is 1. The fourth-order valence-corrected chi connectivity index (χ4v) is 2.58. The van der Waals surface area contributed by atoms with Crippen LogP contribution in [0.5, 0.6) is 0 Å². The van der Waals surface area contributed by atoms with Crippen LogP contribution in [0.1, 0.15) is 18.1 Å². The number of benzene rings is 1. The van der Waals surface area contributed by atoms with E-state index in [0.29, 0.717) is 3.17 Å². The molecule has 0 aliphatic heterocycles. The first kappa shape index (κ1) is 10.6. The molecule has 0 fully saturated rings. The van der Waals surface area contributed by atoms with Gasteiger partial charge in [0.1, 0.15) is 0 Å². The second kappa shape index (κ2) is 3.74. The molecule has 0 aromatic heterocycles. The van der Waals surface area contributed by atoms with Crippen LogP contribution in [0.3, 0.4) is 0 Å². The molecule has 12 heavy (non-hydrogen) atoms. The van der Waals surface area contributed by atoms with Crippen LogP contribution in [0, 0.1) is 0 Å². The first-order valence-corrected chi connectivity index (χ1v) is 5.53. The summed E-state index contributed by atoms with van der Waals surface area (Å²) in [5.74, 6) is 0. The molecule has 2 rings (SSSR count). The van der Waals surface area contributed by atoms with Crippen molar-refractivity contribution >= 4 is 30.1 Å². The van der Waals surface area contributed by atoms with Crippen molar-refractivity contribution < 1.29 is 24.4 Å². The molecule has 0 spiro atoms. The SMILES string of the molecule is C[C]1([Hf])C=Cc2ccccc21.I. The summed E-state index contributed by atoms with van der Waals surface area (Å²) in [5, 5.41) is 0. The van der Waals surface area contributed by atoms with E-state index < -0.39 is 0 Å². The van der Waals surface area contributed by atoms with E-state index >= 15 is 0 Å². The number of rotatable bonds is 0. The normalized spacial score (nSPS) is 24.7. The minimum atomic E-state index is 0. The van der Waals surface area contributed by atoms with Crippen molar-refractivity contribution in [1.82, 2.24) is 0 Å². The average Bonchev–Trinajstić information content (AvgIpc) is 2.29. The van der Waals surface area contributed by atoms with Crippen molar-refractivity contribution in [2.24, 2.45) is 0 Å². The van der Waals surface area contributed by atoms with Crippen molar-refractivity contribution in [3.8, 4) is 0 Å². The Kier molecular flexibility index (Phi) is 3.32. The van der Waals surface area contributed by atoms with Crippen LogP contribution in [0.2, 0.25) is 0 Å². The van der Waals surface area contributed by atoms with Gasteiger partial charge in [-0.1, -0.05) is 0 Å². The van der Waals surface area contributed by atoms with E-state index in [-0.39, 0.29) is 24.0 Å². The summed E-state index contributed by atoms with van der Waals surface area (Å²) in [6, 6.07) is 8.66. The molecule has 61 valence electrons. The van der Waals surface area contributed by atoms with Crippen LogP contribution in [0.4, 0.5) is 0 Å². The van der Waals surface area contributed by atoms with Crippen molar-refractivity contribution in [3.63, 3.8) is 0 Å². The Morgan fingerprint density at radius 2 is 1.92 bits per heavy atom. The van der Waals surface area contributed by atoms with Gasteiger partial charge in [0, 0.05) is 0 Å². The summed E-state index contributed by atoms with van der Waals surface area (Å²) in [6.45, 7) is 2.31. The molecule has 1 unspecified atom stereocenters. The number of halogens is 1. The van der Waals surface area contributed by atoms with Gasteiger partial charge in [-0.25, -0.2) is 0 Å². The molecule has 1 aromatic rings. The molecule has 0 N–H and O–H groups in total. The van der Waals surface area contributed by atoms with Crippen molar-refractivity contribution in [3.05, 3.63) is 41.5 Å². The fraction of sp³-hybridized carbons (Fsp3) is 0.200. The molecule has 0 radical (unpaired) electrons. The molecular weight excluding hydrogens is 426 g/mol. The van der Waals surface area contributed by atoms with Gasteiger partial charge >= 0.3 is 82.0 Å². The third kappa shape index (κ3) is 1.74. The zero-order valence-corrected chi connectivity index (χ0v) is 12.8. The Balaban J connectivity index is 0.000000720. The van der Waals surface area contributed by atoms with E-state index in [2.05, 4.69) is 43.3 Å². The third-order valence-electron chi connectivity index (χ3n) is 2.12. The molecule has 1 atom stereocenters. The van der Waals surface area contributed by atoms with Crippen LogP contribution in [0.25, 0.3) is 6.08 Å². The average molecular weight is 436 g/mol. The molecule has 0 bridgehead atoms. The maximum Gasteiger partial charge on any atom is -0.107 e. The summed E-state index contributed by atoms with van der Waals surface area (Å²) < 4.78 is 0.386. The molecule has 0 heterocycles. The monoisotopic (exact) mass is 437 g/mol. The molecular formula is C10H10HfI. The van der Waals surface area contributed by atoms with Crippen LogP contribution in [-0.4, -0.2) is 0 Å². The molecule has 0 saturated carbocycles. The topological polar surface area (TPSA) is 0 Å². The van der Waals surface area contributed by atoms with Gasteiger partial charge in [-0.15, -0.1) is 24.0 Å². The second-order valence-corrected chi connectivity index (χ2v) is 6.85. The van der Waals surface area contributed by atoms with Crippen LogP contribution in [-0.2, 0) is 27.5 Å². The molecule has 1 aliphatic carbocycles. The van der Waals surface area contributed by atoms with Crippen molar-refractivity contribution in [2.75, 3.05) is 0 Å². The van der Waals surface area contributed by atoms with Gasteiger partial charge in [-0.2, -0.15) is 0 Å². The number of hydrogen-bond acceptors (Lipinski definition) is 0. The minimum absolute atomic E-state index is 0. The summed E-state index contributed by atoms with van der Waals surface area (Å²) in [5.41, 5.74) is 2.91. The molecule has 2 heteroatoms. The van der Waals surface area contributed by atoms with Gasteiger partial charge in [-0.3, -0.25) is 0 Å². The summed E-state index contributed by atoms with van der Waals surface area (Å²) in [7, 11) is 0. The Bertz CT molecular complexity index is 315. The predicted molar refractivity (Wildman–Crippen MR) is 58.2 cm³/mol. The van der Waals surface area contributed by atoms with Gasteiger partial charge < -0.3 is 0 Å². The molecule has 0 saturated heterocycles. The zero-order chi connectivity index (χ0) is 7.90. The van der Waals surface area contributed by atoms with Crippen LogP contribution in [0.15, 0.2) is 30.3 Å². The third-order valence-corrected chi connectivity index (χ3v) is 3.68.